The van der Waals surface area contributed by atoms with Crippen LogP contribution in [0.15, 0.2) is 143 Å². The summed E-state index contributed by atoms with van der Waals surface area (Å²) in [6, 6.07) is 17.8. The molecule has 0 saturated heterocycles. The average Bonchev–Trinajstić information content (AvgIpc) is 3.55. The Morgan fingerprint density at radius 1 is 0.455 bits per heavy atom. The number of carbonyl (C=O) groups is 2. The zero-order valence-corrected chi connectivity index (χ0v) is 35.4. The maximum absolute atomic E-state index is 13.9. The average molecular weight is 778 g/mol. The molecule has 0 aliphatic heterocycles. The molecule has 7 nitrogen and oxygen atoms in total. The van der Waals surface area contributed by atoms with E-state index in [0.717, 1.165) is 0 Å². The molecule has 2 aromatic carbocycles. The number of azo groups is 2. The van der Waals surface area contributed by atoms with Gasteiger partial charge in [-0.15, -0.1) is 10.2 Å². The van der Waals surface area contributed by atoms with Crippen molar-refractivity contribution < 1.29 is 14.0 Å². The number of rotatable bonds is 6. The number of hydrogen-bond acceptors (Lipinski definition) is 7. The van der Waals surface area contributed by atoms with Crippen molar-refractivity contribution in [2.75, 3.05) is 0 Å². The van der Waals surface area contributed by atoms with Gasteiger partial charge in [-0.2, -0.15) is 10.2 Å². The van der Waals surface area contributed by atoms with Gasteiger partial charge in [-0.1, -0.05) is 106 Å². The Morgan fingerprint density at radius 3 is 0.982 bits per heavy atom. The van der Waals surface area contributed by atoms with Crippen LogP contribution in [0.3, 0.4) is 0 Å². The first-order valence-corrected chi connectivity index (χ1v) is 19.1. The van der Waals surface area contributed by atoms with E-state index in [1.807, 2.05) is 120 Å². The van der Waals surface area contributed by atoms with Gasteiger partial charge in [0, 0.05) is 43.5 Å². The minimum Gasteiger partial charge on any atom is -0.453 e. The Hall–Kier alpha value is -4.72. The van der Waals surface area contributed by atoms with Crippen LogP contribution in [-0.2, 0) is 9.59 Å². The standard InChI is InChI=1S/C46H50Cl2N4O3/c1-43(2,3)33-23-27(24-34(41(33)53)44(4,5)6)39(51-49-31-17-13-29(47)14-18-31)37-21-22-38(55-37)40(52-50-32-19-15-30(48)16-20-32)28-25-35(45(7,8)9)42(54)36(26-28)46(10,11)12/h13-26H,1-12H3. The number of hydrogen-bond donors (Lipinski definition) is 0. The lowest BCUT2D eigenvalue weighted by atomic mass is 9.71. The minimum absolute atomic E-state index is 0.00206. The Labute approximate surface area is 335 Å². The van der Waals surface area contributed by atoms with Gasteiger partial charge in [-0.05, 0) is 107 Å². The van der Waals surface area contributed by atoms with Crippen molar-refractivity contribution in [3.63, 3.8) is 0 Å². The van der Waals surface area contributed by atoms with E-state index in [4.69, 9.17) is 37.8 Å². The Morgan fingerprint density at radius 2 is 0.727 bits per heavy atom. The zero-order valence-electron chi connectivity index (χ0n) is 33.9. The number of carbonyl (C=O) groups excluding carboxylic acids is 2. The van der Waals surface area contributed by atoms with Gasteiger partial charge in [-0.25, -0.2) is 0 Å². The van der Waals surface area contributed by atoms with E-state index in [1.165, 1.54) is 0 Å². The molecule has 0 radical (unpaired) electrons. The highest BCUT2D eigenvalue weighted by atomic mass is 35.5. The molecule has 0 unspecified atom stereocenters. The molecule has 0 spiro atoms. The third-order valence-corrected chi connectivity index (χ3v) is 9.72. The molecule has 0 saturated carbocycles. The van der Waals surface area contributed by atoms with Crippen LogP contribution in [0.25, 0.3) is 11.4 Å². The number of ketones is 2. The molecular formula is C46H50Cl2N4O3. The van der Waals surface area contributed by atoms with E-state index in [1.54, 1.807) is 48.5 Å². The van der Waals surface area contributed by atoms with Gasteiger partial charge in [0.25, 0.3) is 0 Å². The molecule has 9 heteroatoms. The molecule has 0 N–H and O–H groups in total. The molecule has 5 rings (SSSR count). The Kier molecular flexibility index (Phi) is 11.6. The van der Waals surface area contributed by atoms with Crippen LogP contribution in [-0.4, -0.2) is 11.6 Å². The van der Waals surface area contributed by atoms with Gasteiger partial charge in [0.15, 0.2) is 23.1 Å². The van der Waals surface area contributed by atoms with Gasteiger partial charge in [0.2, 0.25) is 0 Å². The molecule has 1 heterocycles. The van der Waals surface area contributed by atoms with Crippen LogP contribution in [0.2, 0.25) is 10.0 Å². The predicted octanol–water partition coefficient (Wildman–Crippen LogP) is 14.6. The fourth-order valence-electron chi connectivity index (χ4n) is 6.08. The summed E-state index contributed by atoms with van der Waals surface area (Å²) in [5.74, 6) is 0.806. The van der Waals surface area contributed by atoms with E-state index < -0.39 is 21.7 Å². The summed E-state index contributed by atoms with van der Waals surface area (Å²) in [5, 5.41) is 19.9. The van der Waals surface area contributed by atoms with E-state index in [2.05, 4.69) is 10.2 Å². The molecule has 1 aromatic heterocycles. The molecule has 55 heavy (non-hydrogen) atoms. The number of nitrogens with zero attached hydrogens (tertiary/aromatic N) is 4. The van der Waals surface area contributed by atoms with Gasteiger partial charge >= 0.3 is 0 Å². The van der Waals surface area contributed by atoms with Gasteiger partial charge in [0.1, 0.15) is 11.4 Å². The molecule has 0 fully saturated rings. The summed E-state index contributed by atoms with van der Waals surface area (Å²) in [6.07, 6.45) is 7.55. The number of benzene rings is 2. The first-order chi connectivity index (χ1) is 25.4. The van der Waals surface area contributed by atoms with Crippen LogP contribution < -0.4 is 0 Å². The minimum atomic E-state index is -0.452. The van der Waals surface area contributed by atoms with Crippen molar-refractivity contribution in [2.24, 2.45) is 42.1 Å². The number of furan rings is 1. The van der Waals surface area contributed by atoms with E-state index >= 15 is 0 Å². The molecule has 286 valence electrons. The summed E-state index contributed by atoms with van der Waals surface area (Å²) >= 11 is 12.3. The molecule has 0 atom stereocenters. The van der Waals surface area contributed by atoms with Gasteiger partial charge in [0.05, 0.1) is 11.4 Å². The molecule has 0 amide bonds. The van der Waals surface area contributed by atoms with Crippen LogP contribution in [0, 0.1) is 21.7 Å². The second-order valence-electron chi connectivity index (χ2n) is 18.0. The van der Waals surface area contributed by atoms with Crippen molar-refractivity contribution in [2.45, 2.75) is 83.1 Å². The third kappa shape index (κ3) is 9.75. The fourth-order valence-corrected chi connectivity index (χ4v) is 6.33. The number of halogens is 2. The van der Waals surface area contributed by atoms with E-state index in [9.17, 15) is 9.59 Å². The zero-order chi connectivity index (χ0) is 40.7. The Balaban J connectivity index is 1.82. The highest BCUT2D eigenvalue weighted by molar-refractivity contribution is 6.30. The maximum Gasteiger partial charge on any atom is 0.186 e. The highest BCUT2D eigenvalue weighted by Crippen LogP contribution is 2.44. The molecule has 2 aliphatic carbocycles. The molecule has 3 aromatic rings. The third-order valence-electron chi connectivity index (χ3n) is 9.21. The van der Waals surface area contributed by atoms with Crippen LogP contribution >= 0.6 is 23.2 Å². The lowest BCUT2D eigenvalue weighted by Gasteiger charge is -2.31. The molecular weight excluding hydrogens is 727 g/mol. The second-order valence-corrected chi connectivity index (χ2v) is 18.9. The van der Waals surface area contributed by atoms with E-state index in [-0.39, 0.29) is 11.6 Å². The highest BCUT2D eigenvalue weighted by Gasteiger charge is 2.37. The van der Waals surface area contributed by atoms with Gasteiger partial charge < -0.3 is 4.42 Å². The second kappa shape index (κ2) is 15.4. The van der Waals surface area contributed by atoms with Crippen LogP contribution in [0.5, 0.6) is 0 Å². The lowest BCUT2D eigenvalue weighted by Crippen LogP contribution is -2.28. The van der Waals surface area contributed by atoms with Crippen molar-refractivity contribution in [3.05, 3.63) is 140 Å². The quantitative estimate of drug-likeness (QED) is 0.233. The maximum atomic E-state index is 13.9. The summed E-state index contributed by atoms with van der Waals surface area (Å²) in [5.41, 5.74) is 4.21. The fraction of sp³-hybridized carbons (Fsp3) is 0.348. The largest absolute Gasteiger partial charge is 0.453 e. The van der Waals surface area contributed by atoms with Crippen molar-refractivity contribution in [1.29, 1.82) is 0 Å². The topological polar surface area (TPSA) is 96.7 Å². The lowest BCUT2D eigenvalue weighted by molar-refractivity contribution is -0.114. The first-order valence-electron chi connectivity index (χ1n) is 18.4. The predicted molar refractivity (Wildman–Crippen MR) is 225 cm³/mol. The van der Waals surface area contributed by atoms with Crippen LogP contribution in [0.1, 0.15) is 94.6 Å². The molecule has 0 bridgehead atoms. The smallest absolute Gasteiger partial charge is 0.186 e. The van der Waals surface area contributed by atoms with E-state index in [0.29, 0.717) is 77.8 Å². The summed E-state index contributed by atoms with van der Waals surface area (Å²) in [7, 11) is 0. The van der Waals surface area contributed by atoms with Crippen molar-refractivity contribution in [3.8, 4) is 0 Å². The molecule has 2 aliphatic rings. The number of allylic oxidation sites excluding steroid dienone is 10. The first kappa shape index (κ1) is 41.4. The SMILES string of the molecule is CC(C)(C)C1=CC(=C(N=Nc2ccc(Cl)cc2)c2ccc(C(N=Nc3ccc(Cl)cc3)=C3C=C(C(C)(C)C)C(=O)C(C(C)(C)C)=C3)o2)C=C(C(C)(C)C)C1=O. The van der Waals surface area contributed by atoms with Crippen molar-refractivity contribution in [1.82, 2.24) is 0 Å². The normalized spacial score (nSPS) is 16.1. The monoisotopic (exact) mass is 776 g/mol. The summed E-state index contributed by atoms with van der Waals surface area (Å²) in [6.45, 7) is 24.3. The summed E-state index contributed by atoms with van der Waals surface area (Å²) < 4.78 is 6.71. The van der Waals surface area contributed by atoms with Crippen molar-refractivity contribution >= 4 is 57.5 Å². The summed E-state index contributed by atoms with van der Waals surface area (Å²) in [4.78, 5) is 27.8. The van der Waals surface area contributed by atoms with Crippen LogP contribution in [0.4, 0.5) is 11.4 Å². The Bertz CT molecular complexity index is 2030. The number of Topliss-reactive ketones (excluding diaryl/α,β-unsaturated/α-hetero) is 2. The van der Waals surface area contributed by atoms with Gasteiger partial charge in [-0.3, -0.25) is 9.59 Å².